The lowest BCUT2D eigenvalue weighted by Gasteiger charge is -2.40. The highest BCUT2D eigenvalue weighted by Crippen LogP contribution is 2.49. The molecule has 1 aliphatic heterocycles. The molecular weight excluding hydrogens is 334 g/mol. The molecule has 3 aliphatic carbocycles. The summed E-state index contributed by atoms with van der Waals surface area (Å²) in [5.74, 6) is 0.794. The van der Waals surface area contributed by atoms with E-state index in [1.165, 1.54) is 6.07 Å². The van der Waals surface area contributed by atoms with E-state index in [9.17, 15) is 13.2 Å². The Balaban J connectivity index is 1.63. The molecule has 1 aromatic heterocycles. The van der Waals surface area contributed by atoms with Crippen LogP contribution in [0, 0.1) is 30.6 Å². The largest absolute Gasteiger partial charge is 0.477 e. The predicted molar refractivity (Wildman–Crippen MR) is 87.1 cm³/mol. The quantitative estimate of drug-likeness (QED) is 0.848. The molecule has 124 valence electrons. The van der Waals surface area contributed by atoms with Crippen LogP contribution in [0.1, 0.15) is 28.1 Å². The summed E-state index contributed by atoms with van der Waals surface area (Å²) in [7, 11) is -3.59. The summed E-state index contributed by atoms with van der Waals surface area (Å²) in [5, 5.41) is 9.15. The molecular formula is C16H19NO4S2. The lowest BCUT2D eigenvalue weighted by atomic mass is 9.64. The minimum absolute atomic E-state index is 0.113. The van der Waals surface area contributed by atoms with Crippen molar-refractivity contribution in [3.8, 4) is 0 Å². The molecule has 4 unspecified atom stereocenters. The third-order valence-corrected chi connectivity index (χ3v) is 9.11. The summed E-state index contributed by atoms with van der Waals surface area (Å²) < 4.78 is 27.6. The highest BCUT2D eigenvalue weighted by Gasteiger charge is 2.49. The highest BCUT2D eigenvalue weighted by molar-refractivity contribution is 7.91. The molecule has 7 heteroatoms. The van der Waals surface area contributed by atoms with Gasteiger partial charge in [-0.15, -0.1) is 11.3 Å². The van der Waals surface area contributed by atoms with Gasteiger partial charge < -0.3 is 5.11 Å². The third kappa shape index (κ3) is 2.28. The molecule has 1 aromatic rings. The number of hydrogen-bond donors (Lipinski definition) is 1. The molecule has 2 bridgehead atoms. The number of hydrogen-bond acceptors (Lipinski definition) is 4. The molecule has 0 spiro atoms. The van der Waals surface area contributed by atoms with Gasteiger partial charge in [0, 0.05) is 13.1 Å². The first-order valence-electron chi connectivity index (χ1n) is 7.90. The summed E-state index contributed by atoms with van der Waals surface area (Å²) in [4.78, 5) is 11.3. The number of carboxylic acid groups (broad SMARTS) is 1. The van der Waals surface area contributed by atoms with Crippen LogP contribution in [0.25, 0.3) is 0 Å². The van der Waals surface area contributed by atoms with Gasteiger partial charge in [0.05, 0.1) is 0 Å². The molecule has 1 saturated carbocycles. The van der Waals surface area contributed by atoms with Crippen molar-refractivity contribution in [1.82, 2.24) is 4.31 Å². The summed E-state index contributed by atoms with van der Waals surface area (Å²) in [5.41, 5.74) is 0.513. The van der Waals surface area contributed by atoms with E-state index in [0.29, 0.717) is 42.3 Å². The normalized spacial score (nSPS) is 33.1. The zero-order chi connectivity index (χ0) is 16.4. The molecule has 0 amide bonds. The molecule has 2 fully saturated rings. The SMILES string of the molecule is Cc1cc(S(=O)(=O)N2CC3C4C=CC(CC4)C3C2)sc1C(=O)O. The van der Waals surface area contributed by atoms with Crippen molar-refractivity contribution in [1.29, 1.82) is 0 Å². The number of nitrogens with zero attached hydrogens (tertiary/aromatic N) is 1. The highest BCUT2D eigenvalue weighted by atomic mass is 32.2. The maximum atomic E-state index is 12.9. The van der Waals surface area contributed by atoms with E-state index in [1.54, 1.807) is 11.2 Å². The Morgan fingerprint density at radius 3 is 2.22 bits per heavy atom. The van der Waals surface area contributed by atoms with Gasteiger partial charge in [0.2, 0.25) is 0 Å². The van der Waals surface area contributed by atoms with Crippen LogP contribution < -0.4 is 0 Å². The first-order valence-corrected chi connectivity index (χ1v) is 10.2. The van der Waals surface area contributed by atoms with Gasteiger partial charge in [-0.05, 0) is 55.1 Å². The van der Waals surface area contributed by atoms with E-state index in [1.807, 2.05) is 0 Å². The molecule has 5 nitrogen and oxygen atoms in total. The Labute approximate surface area is 139 Å². The molecule has 1 N–H and O–H groups in total. The van der Waals surface area contributed by atoms with Gasteiger partial charge in [-0.1, -0.05) is 12.2 Å². The number of allylic oxidation sites excluding steroid dienone is 2. The van der Waals surface area contributed by atoms with Crippen LogP contribution in [0.15, 0.2) is 22.4 Å². The van der Waals surface area contributed by atoms with Crippen LogP contribution in [-0.4, -0.2) is 36.9 Å². The monoisotopic (exact) mass is 353 g/mol. The number of rotatable bonds is 3. The molecule has 1 saturated heterocycles. The molecule has 2 heterocycles. The fourth-order valence-corrected chi connectivity index (χ4v) is 7.46. The van der Waals surface area contributed by atoms with E-state index in [-0.39, 0.29) is 9.09 Å². The predicted octanol–water partition coefficient (Wildman–Crippen LogP) is 2.59. The Kier molecular flexibility index (Phi) is 3.44. The van der Waals surface area contributed by atoms with Crippen LogP contribution >= 0.6 is 11.3 Å². The maximum absolute atomic E-state index is 12.9. The lowest BCUT2D eigenvalue weighted by Crippen LogP contribution is -2.35. The Bertz CT molecular complexity index is 773. The van der Waals surface area contributed by atoms with Crippen molar-refractivity contribution in [3.05, 3.63) is 28.7 Å². The first-order chi connectivity index (χ1) is 10.9. The number of carboxylic acids is 1. The zero-order valence-electron chi connectivity index (χ0n) is 12.8. The van der Waals surface area contributed by atoms with Crippen molar-refractivity contribution in [2.45, 2.75) is 24.0 Å². The fourth-order valence-electron chi connectivity index (χ4n) is 4.41. The van der Waals surface area contributed by atoms with Gasteiger partial charge in [0.1, 0.15) is 9.09 Å². The van der Waals surface area contributed by atoms with Gasteiger partial charge in [-0.3, -0.25) is 0 Å². The molecule has 23 heavy (non-hydrogen) atoms. The van der Waals surface area contributed by atoms with Crippen LogP contribution in [0.2, 0.25) is 0 Å². The van der Waals surface area contributed by atoms with Crippen LogP contribution in [0.3, 0.4) is 0 Å². The second-order valence-corrected chi connectivity index (χ2v) is 10.0. The summed E-state index contributed by atoms with van der Waals surface area (Å²) in [6.45, 7) is 2.78. The molecule has 0 aromatic carbocycles. The van der Waals surface area contributed by atoms with Crippen LogP contribution in [0.5, 0.6) is 0 Å². The average Bonchev–Trinajstić information content (AvgIpc) is 3.13. The second-order valence-electron chi connectivity index (χ2n) is 6.82. The number of sulfonamides is 1. The Morgan fingerprint density at radius 1 is 1.22 bits per heavy atom. The van der Waals surface area contributed by atoms with Gasteiger partial charge in [0.25, 0.3) is 10.0 Å². The number of aryl methyl sites for hydroxylation is 1. The van der Waals surface area contributed by atoms with Crippen LogP contribution in [-0.2, 0) is 10.0 Å². The maximum Gasteiger partial charge on any atom is 0.346 e. The second kappa shape index (κ2) is 5.16. The van der Waals surface area contributed by atoms with Gasteiger partial charge in [-0.2, -0.15) is 4.31 Å². The number of aromatic carboxylic acids is 1. The standard InChI is InChI=1S/C16H19NO4S2/c1-9-6-14(22-15(9)16(18)19)23(20,21)17-7-12-10-2-3-11(5-4-10)13(12)8-17/h2-3,6,10-13H,4-5,7-8H2,1H3,(H,18,19). The van der Waals surface area contributed by atoms with Crippen LogP contribution in [0.4, 0.5) is 0 Å². The summed E-state index contributed by atoms with van der Waals surface area (Å²) >= 11 is 0.867. The summed E-state index contributed by atoms with van der Waals surface area (Å²) in [6, 6.07) is 1.50. The lowest BCUT2D eigenvalue weighted by molar-refractivity contribution is 0.0701. The van der Waals surface area contributed by atoms with Crippen molar-refractivity contribution < 1.29 is 18.3 Å². The Hall–Kier alpha value is -1.18. The van der Waals surface area contributed by atoms with Crippen molar-refractivity contribution in [3.63, 3.8) is 0 Å². The zero-order valence-corrected chi connectivity index (χ0v) is 14.4. The van der Waals surface area contributed by atoms with Crippen molar-refractivity contribution in [2.24, 2.45) is 23.7 Å². The van der Waals surface area contributed by atoms with E-state index in [4.69, 9.17) is 5.11 Å². The van der Waals surface area contributed by atoms with Crippen molar-refractivity contribution in [2.75, 3.05) is 13.1 Å². The van der Waals surface area contributed by atoms with E-state index >= 15 is 0 Å². The third-order valence-electron chi connectivity index (χ3n) is 5.60. The fraction of sp³-hybridized carbons (Fsp3) is 0.562. The van der Waals surface area contributed by atoms with Gasteiger partial charge in [-0.25, -0.2) is 13.2 Å². The minimum atomic E-state index is -3.59. The molecule has 0 radical (unpaired) electrons. The molecule has 4 aliphatic rings. The first kappa shape index (κ1) is 15.4. The van der Waals surface area contributed by atoms with E-state index in [0.717, 1.165) is 24.2 Å². The Morgan fingerprint density at radius 2 is 1.78 bits per heavy atom. The number of thiophene rings is 1. The van der Waals surface area contributed by atoms with Gasteiger partial charge in [0.15, 0.2) is 0 Å². The van der Waals surface area contributed by atoms with Crippen molar-refractivity contribution >= 4 is 27.3 Å². The van der Waals surface area contributed by atoms with E-state index in [2.05, 4.69) is 12.2 Å². The molecule has 4 atom stereocenters. The summed E-state index contributed by atoms with van der Waals surface area (Å²) in [6.07, 6.45) is 6.86. The topological polar surface area (TPSA) is 74.7 Å². The van der Waals surface area contributed by atoms with Gasteiger partial charge >= 0.3 is 5.97 Å². The number of carbonyl (C=O) groups is 1. The minimum Gasteiger partial charge on any atom is -0.477 e. The van der Waals surface area contributed by atoms with E-state index < -0.39 is 16.0 Å². The average molecular weight is 353 g/mol. The smallest absolute Gasteiger partial charge is 0.346 e. The molecule has 5 rings (SSSR count). The number of fused-ring (bicyclic) bond motifs is 1.